The molecule has 22 heavy (non-hydrogen) atoms. The van der Waals surface area contributed by atoms with Gasteiger partial charge in [-0.15, -0.1) is 0 Å². The van der Waals surface area contributed by atoms with Crippen molar-refractivity contribution in [3.8, 4) is 5.69 Å². The highest BCUT2D eigenvalue weighted by molar-refractivity contribution is 9.10. The van der Waals surface area contributed by atoms with Crippen molar-refractivity contribution in [2.75, 3.05) is 0 Å². The molecule has 2 heterocycles. The SMILES string of the molecule is Cc1nccn1-c1cc(Br)cc(B2OC(C)(C)C(C)(C)O2)c1. The number of halogens is 1. The van der Waals surface area contributed by atoms with Crippen LogP contribution in [0.2, 0.25) is 0 Å². The van der Waals surface area contributed by atoms with E-state index in [4.69, 9.17) is 9.31 Å². The van der Waals surface area contributed by atoms with Gasteiger partial charge in [0, 0.05) is 22.6 Å². The molecule has 1 aromatic heterocycles. The number of benzene rings is 1. The molecule has 2 aromatic rings. The highest BCUT2D eigenvalue weighted by Crippen LogP contribution is 2.36. The Kier molecular flexibility index (Phi) is 3.74. The van der Waals surface area contributed by atoms with Crippen molar-refractivity contribution in [1.29, 1.82) is 0 Å². The van der Waals surface area contributed by atoms with Gasteiger partial charge in [-0.25, -0.2) is 4.98 Å². The number of nitrogens with zero attached hydrogens (tertiary/aromatic N) is 2. The molecular weight excluding hydrogens is 343 g/mol. The minimum atomic E-state index is -0.370. The minimum Gasteiger partial charge on any atom is -0.399 e. The zero-order chi connectivity index (χ0) is 16.1. The molecule has 6 heteroatoms. The van der Waals surface area contributed by atoms with Gasteiger partial charge in [0.2, 0.25) is 0 Å². The monoisotopic (exact) mass is 362 g/mol. The molecule has 0 radical (unpaired) electrons. The summed E-state index contributed by atoms with van der Waals surface area (Å²) in [6.45, 7) is 10.2. The largest absolute Gasteiger partial charge is 0.494 e. The fourth-order valence-electron chi connectivity index (χ4n) is 2.50. The van der Waals surface area contributed by atoms with Gasteiger partial charge in [0.05, 0.1) is 11.2 Å². The molecule has 1 aliphatic rings. The van der Waals surface area contributed by atoms with Crippen LogP contribution < -0.4 is 5.46 Å². The van der Waals surface area contributed by atoms with E-state index in [0.29, 0.717) is 0 Å². The topological polar surface area (TPSA) is 36.3 Å². The third kappa shape index (κ3) is 2.64. The van der Waals surface area contributed by atoms with Crippen LogP contribution >= 0.6 is 15.9 Å². The van der Waals surface area contributed by atoms with Crippen molar-refractivity contribution >= 4 is 28.5 Å². The summed E-state index contributed by atoms with van der Waals surface area (Å²) in [7, 11) is -0.370. The third-order valence-corrected chi connectivity index (χ3v) is 4.99. The van der Waals surface area contributed by atoms with E-state index >= 15 is 0 Å². The summed E-state index contributed by atoms with van der Waals surface area (Å²) < 4.78 is 15.3. The summed E-state index contributed by atoms with van der Waals surface area (Å²) in [6.07, 6.45) is 3.75. The Balaban J connectivity index is 2.00. The number of imidazole rings is 1. The first-order valence-electron chi connectivity index (χ1n) is 7.36. The van der Waals surface area contributed by atoms with Gasteiger partial charge in [-0.1, -0.05) is 15.9 Å². The van der Waals surface area contributed by atoms with Crippen LogP contribution in [0.25, 0.3) is 5.69 Å². The Morgan fingerprint density at radius 3 is 2.27 bits per heavy atom. The van der Waals surface area contributed by atoms with Crippen LogP contribution in [-0.4, -0.2) is 27.9 Å². The van der Waals surface area contributed by atoms with Crippen molar-refractivity contribution in [3.63, 3.8) is 0 Å². The van der Waals surface area contributed by atoms with Crippen molar-refractivity contribution in [3.05, 3.63) is 40.9 Å². The van der Waals surface area contributed by atoms with Crippen LogP contribution in [0.5, 0.6) is 0 Å². The van der Waals surface area contributed by atoms with E-state index in [2.05, 4.69) is 60.7 Å². The molecular formula is C16H20BBrN2O2. The molecule has 0 saturated carbocycles. The molecule has 0 N–H and O–H groups in total. The smallest absolute Gasteiger partial charge is 0.399 e. The number of aromatic nitrogens is 2. The molecule has 1 saturated heterocycles. The summed E-state index contributed by atoms with van der Waals surface area (Å²) in [5.74, 6) is 0.943. The molecule has 0 spiro atoms. The van der Waals surface area contributed by atoms with Crippen LogP contribution in [0.15, 0.2) is 35.1 Å². The molecule has 0 aliphatic carbocycles. The summed E-state index contributed by atoms with van der Waals surface area (Å²) in [5.41, 5.74) is 1.35. The molecule has 0 atom stereocenters. The van der Waals surface area contributed by atoms with Crippen LogP contribution in [-0.2, 0) is 9.31 Å². The second-order valence-electron chi connectivity index (χ2n) is 6.68. The molecule has 1 aliphatic heterocycles. The second kappa shape index (κ2) is 5.22. The first-order chi connectivity index (χ1) is 10.2. The molecule has 1 aromatic carbocycles. The van der Waals surface area contributed by atoms with Crippen molar-refractivity contribution < 1.29 is 9.31 Å². The molecule has 4 nitrogen and oxygen atoms in total. The van der Waals surface area contributed by atoms with Gasteiger partial charge < -0.3 is 13.9 Å². The number of hydrogen-bond acceptors (Lipinski definition) is 3. The number of aryl methyl sites for hydroxylation is 1. The van der Waals surface area contributed by atoms with E-state index in [0.717, 1.165) is 21.4 Å². The van der Waals surface area contributed by atoms with Gasteiger partial charge in [-0.3, -0.25) is 0 Å². The van der Waals surface area contributed by atoms with Gasteiger partial charge in [-0.2, -0.15) is 0 Å². The molecule has 0 amide bonds. The van der Waals surface area contributed by atoms with Crippen LogP contribution in [0, 0.1) is 6.92 Å². The Bertz CT molecular complexity index is 696. The lowest BCUT2D eigenvalue weighted by Gasteiger charge is -2.32. The first kappa shape index (κ1) is 15.8. The lowest BCUT2D eigenvalue weighted by molar-refractivity contribution is 0.00578. The normalized spacial score (nSPS) is 19.6. The van der Waals surface area contributed by atoms with Crippen LogP contribution in [0.3, 0.4) is 0 Å². The Hall–Kier alpha value is -1.11. The molecule has 0 unspecified atom stereocenters. The zero-order valence-corrected chi connectivity index (χ0v) is 15.1. The quantitative estimate of drug-likeness (QED) is 0.769. The minimum absolute atomic E-state index is 0.342. The number of hydrogen-bond donors (Lipinski definition) is 0. The first-order valence-corrected chi connectivity index (χ1v) is 8.15. The third-order valence-electron chi connectivity index (χ3n) is 4.53. The molecule has 1 fully saturated rings. The van der Waals surface area contributed by atoms with Gasteiger partial charge in [0.15, 0.2) is 0 Å². The fourth-order valence-corrected chi connectivity index (χ4v) is 3.00. The maximum absolute atomic E-state index is 6.14. The van der Waals surface area contributed by atoms with E-state index in [9.17, 15) is 0 Å². The highest BCUT2D eigenvalue weighted by Gasteiger charge is 2.51. The Morgan fingerprint density at radius 2 is 1.73 bits per heavy atom. The van der Waals surface area contributed by atoms with E-state index < -0.39 is 0 Å². The average Bonchev–Trinajstić information content (AvgIpc) is 2.91. The van der Waals surface area contributed by atoms with E-state index in [1.54, 1.807) is 6.20 Å². The van der Waals surface area contributed by atoms with Gasteiger partial charge in [0.1, 0.15) is 5.82 Å². The maximum Gasteiger partial charge on any atom is 0.494 e. The summed E-state index contributed by atoms with van der Waals surface area (Å²) in [4.78, 5) is 4.28. The second-order valence-corrected chi connectivity index (χ2v) is 7.59. The van der Waals surface area contributed by atoms with Gasteiger partial charge in [0.25, 0.3) is 0 Å². The van der Waals surface area contributed by atoms with Crippen molar-refractivity contribution in [2.24, 2.45) is 0 Å². The highest BCUT2D eigenvalue weighted by atomic mass is 79.9. The Labute approximate surface area is 140 Å². The average molecular weight is 363 g/mol. The summed E-state index contributed by atoms with van der Waals surface area (Å²) in [5, 5.41) is 0. The van der Waals surface area contributed by atoms with Gasteiger partial charge >= 0.3 is 7.12 Å². The maximum atomic E-state index is 6.14. The lowest BCUT2D eigenvalue weighted by atomic mass is 9.79. The predicted molar refractivity (Wildman–Crippen MR) is 91.7 cm³/mol. The lowest BCUT2D eigenvalue weighted by Crippen LogP contribution is -2.41. The van der Waals surface area contributed by atoms with E-state index in [-0.39, 0.29) is 18.3 Å². The Morgan fingerprint density at radius 1 is 1.09 bits per heavy atom. The van der Waals surface area contributed by atoms with Crippen LogP contribution in [0.4, 0.5) is 0 Å². The van der Waals surface area contributed by atoms with E-state index in [1.807, 2.05) is 23.8 Å². The summed E-state index contributed by atoms with van der Waals surface area (Å²) >= 11 is 3.58. The van der Waals surface area contributed by atoms with Crippen molar-refractivity contribution in [1.82, 2.24) is 9.55 Å². The van der Waals surface area contributed by atoms with E-state index in [1.165, 1.54) is 0 Å². The standard InChI is InChI=1S/C16H20BBrN2O2/c1-11-19-6-7-20(11)14-9-12(8-13(18)10-14)17-21-15(2,3)16(4,5)22-17/h6-10H,1-5H3. The molecule has 3 rings (SSSR count). The van der Waals surface area contributed by atoms with Gasteiger partial charge in [-0.05, 0) is 58.3 Å². The molecule has 116 valence electrons. The van der Waals surface area contributed by atoms with Crippen molar-refractivity contribution in [2.45, 2.75) is 45.8 Å². The molecule has 0 bridgehead atoms. The predicted octanol–water partition coefficient (Wildman–Crippen LogP) is 3.24. The summed E-state index contributed by atoms with van der Waals surface area (Å²) in [6, 6.07) is 6.18. The number of rotatable bonds is 2. The zero-order valence-electron chi connectivity index (χ0n) is 13.6. The fraction of sp³-hybridized carbons (Fsp3) is 0.438. The van der Waals surface area contributed by atoms with Crippen LogP contribution in [0.1, 0.15) is 33.5 Å².